The molecule has 2 rings (SSSR count). The first-order valence-corrected chi connectivity index (χ1v) is 8.50. The number of urea groups is 1. The van der Waals surface area contributed by atoms with Crippen LogP contribution in [0.1, 0.15) is 25.3 Å². The monoisotopic (exact) mass is 341 g/mol. The number of hydrogen-bond acceptors (Lipinski definition) is 3. The fraction of sp³-hybridized carbons (Fsp3) is 0.350. The lowest BCUT2D eigenvalue weighted by Gasteiger charge is -2.13. The minimum absolute atomic E-state index is 0.239. The Morgan fingerprint density at radius 2 is 1.84 bits per heavy atom. The molecule has 0 atom stereocenters. The van der Waals surface area contributed by atoms with Gasteiger partial charge in [0.2, 0.25) is 0 Å². The van der Waals surface area contributed by atoms with Gasteiger partial charge in [-0.15, -0.1) is 0 Å². The van der Waals surface area contributed by atoms with Crippen molar-refractivity contribution in [2.75, 3.05) is 37.5 Å². The molecular weight excluding hydrogens is 314 g/mol. The van der Waals surface area contributed by atoms with Crippen molar-refractivity contribution in [3.8, 4) is 5.75 Å². The van der Waals surface area contributed by atoms with Crippen LogP contribution in [0.3, 0.4) is 0 Å². The zero-order valence-corrected chi connectivity index (χ0v) is 15.4. The van der Waals surface area contributed by atoms with E-state index in [0.29, 0.717) is 19.1 Å². The maximum Gasteiger partial charge on any atom is 0.319 e. The third-order valence-corrected chi connectivity index (χ3v) is 3.82. The van der Waals surface area contributed by atoms with Crippen molar-refractivity contribution >= 4 is 17.4 Å². The van der Waals surface area contributed by atoms with Gasteiger partial charge in [-0.1, -0.05) is 26.0 Å². The molecule has 134 valence electrons. The molecule has 0 saturated carbocycles. The summed E-state index contributed by atoms with van der Waals surface area (Å²) >= 11 is 0. The van der Waals surface area contributed by atoms with Gasteiger partial charge in [-0.3, -0.25) is 0 Å². The number of hydrogen-bond donors (Lipinski definition) is 2. The number of amides is 2. The molecule has 0 aliphatic heterocycles. The first-order valence-electron chi connectivity index (χ1n) is 8.50. The van der Waals surface area contributed by atoms with E-state index in [1.54, 1.807) is 0 Å². The summed E-state index contributed by atoms with van der Waals surface area (Å²) in [6, 6.07) is 15.5. The van der Waals surface area contributed by atoms with E-state index in [0.717, 1.165) is 17.1 Å². The predicted octanol–water partition coefficient (Wildman–Crippen LogP) is 4.08. The van der Waals surface area contributed by atoms with E-state index in [9.17, 15) is 4.79 Å². The highest BCUT2D eigenvalue weighted by molar-refractivity contribution is 5.89. The van der Waals surface area contributed by atoms with Crippen LogP contribution >= 0.6 is 0 Å². The van der Waals surface area contributed by atoms with Crippen LogP contribution < -0.4 is 20.3 Å². The van der Waals surface area contributed by atoms with E-state index in [-0.39, 0.29) is 6.03 Å². The summed E-state index contributed by atoms with van der Waals surface area (Å²) in [5.41, 5.74) is 3.08. The molecule has 2 aromatic carbocycles. The average Bonchev–Trinajstić information content (AvgIpc) is 2.59. The highest BCUT2D eigenvalue weighted by Gasteiger charge is 2.03. The van der Waals surface area contributed by atoms with Crippen LogP contribution in [0.5, 0.6) is 5.75 Å². The van der Waals surface area contributed by atoms with Crippen molar-refractivity contribution in [1.29, 1.82) is 0 Å². The van der Waals surface area contributed by atoms with Gasteiger partial charge in [-0.2, -0.15) is 0 Å². The Bertz CT molecular complexity index is 682. The number of anilines is 2. The molecule has 25 heavy (non-hydrogen) atoms. The van der Waals surface area contributed by atoms with Crippen molar-refractivity contribution in [1.82, 2.24) is 5.32 Å². The summed E-state index contributed by atoms with van der Waals surface area (Å²) < 4.78 is 5.69. The largest absolute Gasteiger partial charge is 0.492 e. The molecule has 0 bridgehead atoms. The zero-order valence-electron chi connectivity index (χ0n) is 15.4. The fourth-order valence-corrected chi connectivity index (χ4v) is 2.32. The molecule has 0 unspecified atom stereocenters. The molecule has 2 aromatic rings. The Balaban J connectivity index is 1.72. The maximum atomic E-state index is 11.9. The number of nitrogens with zero attached hydrogens (tertiary/aromatic N) is 1. The second-order valence-corrected chi connectivity index (χ2v) is 6.40. The van der Waals surface area contributed by atoms with Crippen LogP contribution in [0, 0.1) is 0 Å². The molecule has 0 aliphatic carbocycles. The van der Waals surface area contributed by atoms with E-state index in [1.807, 2.05) is 61.5 Å². The zero-order chi connectivity index (χ0) is 18.2. The predicted molar refractivity (Wildman–Crippen MR) is 104 cm³/mol. The van der Waals surface area contributed by atoms with Gasteiger partial charge in [0.15, 0.2) is 0 Å². The summed E-state index contributed by atoms with van der Waals surface area (Å²) in [5, 5.41) is 5.60. The second kappa shape index (κ2) is 8.97. The normalized spacial score (nSPS) is 10.4. The van der Waals surface area contributed by atoms with E-state index in [4.69, 9.17) is 4.74 Å². The molecule has 2 amide bonds. The van der Waals surface area contributed by atoms with Gasteiger partial charge in [0.25, 0.3) is 0 Å². The van der Waals surface area contributed by atoms with Gasteiger partial charge in [0.1, 0.15) is 12.4 Å². The van der Waals surface area contributed by atoms with Crippen LogP contribution in [0.15, 0.2) is 48.5 Å². The Morgan fingerprint density at radius 1 is 1.12 bits per heavy atom. The smallest absolute Gasteiger partial charge is 0.319 e. The molecule has 0 aliphatic rings. The standard InChI is InChI=1S/C20H27N3O2/c1-15(2)16-6-5-7-19(14-16)25-13-12-21-20(24)22-17-8-10-18(11-9-17)23(3)4/h5-11,14-15H,12-13H2,1-4H3,(H2,21,22,24). The number of carbonyl (C=O) groups excluding carboxylic acids is 1. The number of rotatable bonds is 7. The highest BCUT2D eigenvalue weighted by Crippen LogP contribution is 2.20. The molecule has 0 fully saturated rings. The van der Waals surface area contributed by atoms with Gasteiger partial charge in [0.05, 0.1) is 6.54 Å². The first kappa shape index (κ1) is 18.6. The summed E-state index contributed by atoms with van der Waals surface area (Å²) in [6.45, 7) is 5.16. The number of carbonyl (C=O) groups is 1. The van der Waals surface area contributed by atoms with Crippen LogP contribution in [0.4, 0.5) is 16.2 Å². The van der Waals surface area contributed by atoms with Crippen molar-refractivity contribution < 1.29 is 9.53 Å². The van der Waals surface area contributed by atoms with Crippen LogP contribution in [-0.4, -0.2) is 33.3 Å². The Labute approximate surface area is 150 Å². The Hall–Kier alpha value is -2.69. The average molecular weight is 341 g/mol. The fourth-order valence-electron chi connectivity index (χ4n) is 2.32. The molecule has 0 heterocycles. The summed E-state index contributed by atoms with van der Waals surface area (Å²) in [4.78, 5) is 13.9. The number of nitrogens with one attached hydrogen (secondary N) is 2. The van der Waals surface area contributed by atoms with Gasteiger partial charge < -0.3 is 20.3 Å². The van der Waals surface area contributed by atoms with Crippen LogP contribution in [0.2, 0.25) is 0 Å². The molecule has 0 aromatic heterocycles. The van der Waals surface area contributed by atoms with E-state index >= 15 is 0 Å². The molecule has 0 spiro atoms. The molecule has 5 heteroatoms. The molecular formula is C20H27N3O2. The van der Waals surface area contributed by atoms with Gasteiger partial charge in [0, 0.05) is 25.5 Å². The van der Waals surface area contributed by atoms with E-state index in [2.05, 4.69) is 30.5 Å². The lowest BCUT2D eigenvalue weighted by molar-refractivity contribution is 0.247. The first-order chi connectivity index (χ1) is 12.0. The summed E-state index contributed by atoms with van der Waals surface area (Å²) in [6.07, 6.45) is 0. The van der Waals surface area contributed by atoms with Gasteiger partial charge >= 0.3 is 6.03 Å². The Kier molecular flexibility index (Phi) is 6.69. The SMILES string of the molecule is CC(C)c1cccc(OCCNC(=O)Nc2ccc(N(C)C)cc2)c1. The summed E-state index contributed by atoms with van der Waals surface area (Å²) in [7, 11) is 3.96. The topological polar surface area (TPSA) is 53.6 Å². The molecule has 2 N–H and O–H groups in total. The maximum absolute atomic E-state index is 11.9. The van der Waals surface area contributed by atoms with Crippen molar-refractivity contribution in [3.63, 3.8) is 0 Å². The molecule has 0 saturated heterocycles. The van der Waals surface area contributed by atoms with E-state index in [1.165, 1.54) is 5.56 Å². The number of ether oxygens (including phenoxy) is 1. The minimum Gasteiger partial charge on any atom is -0.492 e. The van der Waals surface area contributed by atoms with Crippen LogP contribution in [-0.2, 0) is 0 Å². The van der Waals surface area contributed by atoms with Crippen molar-refractivity contribution in [3.05, 3.63) is 54.1 Å². The van der Waals surface area contributed by atoms with Gasteiger partial charge in [-0.25, -0.2) is 4.79 Å². The summed E-state index contributed by atoms with van der Waals surface area (Å²) in [5.74, 6) is 1.29. The quantitative estimate of drug-likeness (QED) is 0.746. The van der Waals surface area contributed by atoms with Gasteiger partial charge in [-0.05, 0) is 47.9 Å². The van der Waals surface area contributed by atoms with Crippen molar-refractivity contribution in [2.45, 2.75) is 19.8 Å². The van der Waals surface area contributed by atoms with Crippen molar-refractivity contribution in [2.24, 2.45) is 0 Å². The lowest BCUT2D eigenvalue weighted by atomic mass is 10.0. The highest BCUT2D eigenvalue weighted by atomic mass is 16.5. The van der Waals surface area contributed by atoms with Crippen LogP contribution in [0.25, 0.3) is 0 Å². The van der Waals surface area contributed by atoms with E-state index < -0.39 is 0 Å². The number of benzene rings is 2. The third kappa shape index (κ3) is 6.03. The second-order valence-electron chi connectivity index (χ2n) is 6.40. The minimum atomic E-state index is -0.239. The molecule has 0 radical (unpaired) electrons. The molecule has 5 nitrogen and oxygen atoms in total. The lowest BCUT2D eigenvalue weighted by Crippen LogP contribution is -2.32. The third-order valence-electron chi connectivity index (χ3n) is 3.82. The Morgan fingerprint density at radius 3 is 2.48 bits per heavy atom.